The topological polar surface area (TPSA) is 75.3 Å². The second-order valence-electron chi connectivity index (χ2n) is 7.42. The van der Waals surface area contributed by atoms with Crippen LogP contribution in [0.4, 0.5) is 5.69 Å². The zero-order valence-electron chi connectivity index (χ0n) is 17.2. The molecule has 0 aliphatic carbocycles. The Morgan fingerprint density at radius 3 is 2.97 bits per heavy atom. The predicted octanol–water partition coefficient (Wildman–Crippen LogP) is 4.16. The number of H-pyrrole nitrogens is 1. The van der Waals surface area contributed by atoms with E-state index in [2.05, 4.69) is 27.5 Å². The quantitative estimate of drug-likeness (QED) is 0.456. The molecule has 2 atom stereocenters. The number of aromatic amines is 1. The molecule has 156 valence electrons. The molecule has 1 aliphatic rings. The van der Waals surface area contributed by atoms with Gasteiger partial charge in [-0.05, 0) is 37.1 Å². The standard InChI is InChI=1S/C23H25N3O3S/c1-4-11-26-12-10-21(29-3)18-7-5-6-17(22(18)26)14-30(28)23-24-19-9-8-16(15(2)27)13-20(19)25-23/h4-9,13,21H,1,10-12,14H2,2-3H3,(H,24,25). The minimum absolute atomic E-state index is 0.0138. The number of carbonyl (C=O) groups excluding carboxylic acids is 1. The Kier molecular flexibility index (Phi) is 5.83. The van der Waals surface area contributed by atoms with Gasteiger partial charge in [0.05, 0.1) is 33.7 Å². The summed E-state index contributed by atoms with van der Waals surface area (Å²) in [6.07, 6.45) is 2.83. The number of nitrogens with zero attached hydrogens (tertiary/aromatic N) is 2. The first kappa shape index (κ1) is 20.5. The maximum Gasteiger partial charge on any atom is 0.197 e. The molecule has 2 aromatic carbocycles. The minimum Gasteiger partial charge on any atom is -0.377 e. The molecule has 6 nitrogen and oxygen atoms in total. The SMILES string of the molecule is C=CCN1CCC(OC)c2cccc(CS(=O)c3nc4ccc(C(C)=O)cc4[nH]3)c21. The largest absolute Gasteiger partial charge is 0.377 e. The van der Waals surface area contributed by atoms with Crippen molar-refractivity contribution < 1.29 is 13.7 Å². The molecule has 1 N–H and O–H groups in total. The molecule has 0 bridgehead atoms. The molecule has 1 aromatic heterocycles. The van der Waals surface area contributed by atoms with Crippen LogP contribution in [0, 0.1) is 0 Å². The van der Waals surface area contributed by atoms with Crippen molar-refractivity contribution in [1.29, 1.82) is 0 Å². The minimum atomic E-state index is -1.36. The Bertz CT molecular complexity index is 1140. The van der Waals surface area contributed by atoms with E-state index in [4.69, 9.17) is 4.74 Å². The van der Waals surface area contributed by atoms with Crippen LogP contribution in [0.3, 0.4) is 0 Å². The monoisotopic (exact) mass is 423 g/mol. The molecule has 30 heavy (non-hydrogen) atoms. The summed E-state index contributed by atoms with van der Waals surface area (Å²) in [6, 6.07) is 11.4. The number of hydrogen-bond acceptors (Lipinski definition) is 5. The lowest BCUT2D eigenvalue weighted by molar-refractivity contribution is 0.0938. The Morgan fingerprint density at radius 2 is 2.23 bits per heavy atom. The van der Waals surface area contributed by atoms with Crippen molar-refractivity contribution in [2.24, 2.45) is 0 Å². The van der Waals surface area contributed by atoms with Crippen LogP contribution in [0.25, 0.3) is 11.0 Å². The van der Waals surface area contributed by atoms with Crippen molar-refractivity contribution >= 4 is 33.3 Å². The number of imidazole rings is 1. The highest BCUT2D eigenvalue weighted by atomic mass is 32.2. The first-order valence-electron chi connectivity index (χ1n) is 9.91. The Morgan fingerprint density at radius 1 is 1.40 bits per heavy atom. The molecule has 0 saturated carbocycles. The van der Waals surface area contributed by atoms with Crippen LogP contribution in [0.1, 0.15) is 40.9 Å². The molecule has 2 unspecified atom stereocenters. The highest BCUT2D eigenvalue weighted by Gasteiger charge is 2.27. The molecule has 0 saturated heterocycles. The summed E-state index contributed by atoms with van der Waals surface area (Å²) in [5.41, 5.74) is 5.22. The van der Waals surface area contributed by atoms with Crippen LogP contribution >= 0.6 is 0 Å². The van der Waals surface area contributed by atoms with Gasteiger partial charge in [-0.3, -0.25) is 9.00 Å². The van der Waals surface area contributed by atoms with E-state index in [0.29, 0.717) is 27.5 Å². The van der Waals surface area contributed by atoms with Gasteiger partial charge in [0.15, 0.2) is 10.9 Å². The van der Waals surface area contributed by atoms with Gasteiger partial charge in [0.25, 0.3) is 0 Å². The number of Topliss-reactive ketones (excluding diaryl/α,β-unsaturated/α-hetero) is 1. The lowest BCUT2D eigenvalue weighted by atomic mass is 9.95. The van der Waals surface area contributed by atoms with E-state index >= 15 is 0 Å². The Hall–Kier alpha value is -2.77. The first-order chi connectivity index (χ1) is 14.5. The molecular weight excluding hydrogens is 398 g/mol. The van der Waals surface area contributed by atoms with Gasteiger partial charge >= 0.3 is 0 Å². The van der Waals surface area contributed by atoms with Crippen LogP contribution in [0.5, 0.6) is 0 Å². The van der Waals surface area contributed by atoms with Gasteiger partial charge in [0, 0.05) is 37.0 Å². The highest BCUT2D eigenvalue weighted by Crippen LogP contribution is 2.38. The molecular formula is C23H25N3O3S. The lowest BCUT2D eigenvalue weighted by Gasteiger charge is -2.36. The predicted molar refractivity (Wildman–Crippen MR) is 119 cm³/mol. The maximum absolute atomic E-state index is 13.2. The van der Waals surface area contributed by atoms with E-state index in [0.717, 1.165) is 36.3 Å². The summed E-state index contributed by atoms with van der Waals surface area (Å²) in [5.74, 6) is 0.326. The van der Waals surface area contributed by atoms with E-state index in [-0.39, 0.29) is 11.9 Å². The van der Waals surface area contributed by atoms with Crippen molar-refractivity contribution in [2.45, 2.75) is 30.4 Å². The number of para-hydroxylation sites is 1. The molecule has 0 amide bonds. The summed E-state index contributed by atoms with van der Waals surface area (Å²) in [6.45, 7) is 6.99. The Balaban J connectivity index is 1.67. The van der Waals surface area contributed by atoms with Crippen molar-refractivity contribution in [3.05, 3.63) is 65.7 Å². The fraction of sp³-hybridized carbons (Fsp3) is 0.304. The average molecular weight is 424 g/mol. The number of rotatable bonds is 7. The van der Waals surface area contributed by atoms with Gasteiger partial charge in [-0.1, -0.05) is 24.3 Å². The van der Waals surface area contributed by atoms with E-state index in [9.17, 15) is 9.00 Å². The molecule has 4 rings (SSSR count). The molecule has 2 heterocycles. The van der Waals surface area contributed by atoms with Crippen molar-refractivity contribution in [2.75, 3.05) is 25.1 Å². The second kappa shape index (κ2) is 8.53. The van der Waals surface area contributed by atoms with Crippen LogP contribution < -0.4 is 4.90 Å². The zero-order valence-corrected chi connectivity index (χ0v) is 18.0. The van der Waals surface area contributed by atoms with Gasteiger partial charge in [-0.15, -0.1) is 6.58 Å². The number of benzene rings is 2. The van der Waals surface area contributed by atoms with Crippen molar-refractivity contribution in [3.8, 4) is 0 Å². The number of ketones is 1. The van der Waals surface area contributed by atoms with Crippen molar-refractivity contribution in [3.63, 3.8) is 0 Å². The third-order valence-corrected chi connectivity index (χ3v) is 6.68. The number of aromatic nitrogens is 2. The van der Waals surface area contributed by atoms with Crippen LogP contribution in [-0.4, -0.2) is 40.2 Å². The lowest BCUT2D eigenvalue weighted by Crippen LogP contribution is -2.33. The summed E-state index contributed by atoms with van der Waals surface area (Å²) in [5, 5.41) is 0.415. The first-order valence-corrected chi connectivity index (χ1v) is 11.2. The molecule has 0 radical (unpaired) electrons. The van der Waals surface area contributed by atoms with Gasteiger partial charge in [-0.25, -0.2) is 4.98 Å². The third-order valence-electron chi connectivity index (χ3n) is 5.48. The molecule has 0 fully saturated rings. The summed E-state index contributed by atoms with van der Waals surface area (Å²) in [7, 11) is 0.369. The maximum atomic E-state index is 13.2. The third kappa shape index (κ3) is 3.82. The average Bonchev–Trinajstić information content (AvgIpc) is 3.18. The van der Waals surface area contributed by atoms with Crippen molar-refractivity contribution in [1.82, 2.24) is 9.97 Å². The molecule has 7 heteroatoms. The molecule has 3 aromatic rings. The van der Waals surface area contributed by atoms with Crippen LogP contribution in [0.15, 0.2) is 54.2 Å². The second-order valence-corrected chi connectivity index (χ2v) is 8.79. The number of nitrogens with one attached hydrogen (secondary N) is 1. The number of methoxy groups -OCH3 is 1. The molecule has 0 spiro atoms. The van der Waals surface area contributed by atoms with Gasteiger partial charge in [-0.2, -0.15) is 0 Å². The molecule has 1 aliphatic heterocycles. The number of anilines is 1. The number of fused-ring (bicyclic) bond motifs is 2. The zero-order chi connectivity index (χ0) is 21.3. The summed E-state index contributed by atoms with van der Waals surface area (Å²) < 4.78 is 18.9. The van der Waals surface area contributed by atoms with Gasteiger partial charge < -0.3 is 14.6 Å². The summed E-state index contributed by atoms with van der Waals surface area (Å²) >= 11 is 0. The fourth-order valence-electron chi connectivity index (χ4n) is 4.02. The number of hydrogen-bond donors (Lipinski definition) is 1. The van der Waals surface area contributed by atoms with Gasteiger partial charge in [0.2, 0.25) is 0 Å². The summed E-state index contributed by atoms with van der Waals surface area (Å²) in [4.78, 5) is 21.5. The van der Waals surface area contributed by atoms with Gasteiger partial charge in [0.1, 0.15) is 0 Å². The Labute approximate surface area is 178 Å². The van der Waals surface area contributed by atoms with E-state index in [1.54, 1.807) is 25.3 Å². The highest BCUT2D eigenvalue weighted by molar-refractivity contribution is 7.84. The van der Waals surface area contributed by atoms with E-state index in [1.165, 1.54) is 6.92 Å². The van der Waals surface area contributed by atoms with E-state index < -0.39 is 10.8 Å². The number of carbonyl (C=O) groups is 1. The van der Waals surface area contributed by atoms with Crippen LogP contribution in [-0.2, 0) is 21.3 Å². The normalized spacial score (nSPS) is 17.0. The number of ether oxygens (including phenoxy) is 1. The van der Waals surface area contributed by atoms with Crippen LogP contribution in [0.2, 0.25) is 0 Å². The fourth-order valence-corrected chi connectivity index (χ4v) is 5.10. The van der Waals surface area contributed by atoms with E-state index in [1.807, 2.05) is 18.2 Å². The smallest absolute Gasteiger partial charge is 0.197 e.